The van der Waals surface area contributed by atoms with Gasteiger partial charge in [0.1, 0.15) is 0 Å². The summed E-state index contributed by atoms with van der Waals surface area (Å²) in [5.74, 6) is 0. The Balaban J connectivity index is 0. The molecule has 0 aliphatic rings. The maximum absolute atomic E-state index is 8.67. The van der Waals surface area contributed by atoms with Crippen LogP contribution in [0.5, 0.6) is 0 Å². The zero-order valence-electron chi connectivity index (χ0n) is 3.27. The van der Waals surface area contributed by atoms with E-state index in [0.717, 1.165) is 0 Å². The molecule has 8 heavy (non-hydrogen) atoms. The van der Waals surface area contributed by atoms with Crippen LogP contribution in [-0.2, 0) is 16.0 Å². The minimum absolute atomic E-state index is 0.812. The molecule has 0 N–H and O–H groups in total. The fourth-order valence-electron chi connectivity index (χ4n) is 0. The Morgan fingerprint density at radius 3 is 1.12 bits per heavy atom. The van der Waals surface area contributed by atoms with Crippen LogP contribution in [0.4, 0.5) is 0 Å². The summed E-state index contributed by atoms with van der Waals surface area (Å²) in [6.45, 7) is 0. The molecule has 0 saturated heterocycles. The normalized spacial score (nSPS) is 6.12. The fourth-order valence-corrected chi connectivity index (χ4v) is 0. The second-order valence-corrected chi connectivity index (χ2v) is 0.800. The van der Waals surface area contributed by atoms with E-state index in [9.17, 15) is 0 Å². The molecule has 49 valence electrons. The molecule has 0 aliphatic heterocycles. The van der Waals surface area contributed by atoms with Crippen molar-refractivity contribution in [2.75, 3.05) is 0 Å². The Labute approximate surface area is 51.4 Å². The largest absolute Gasteiger partial charge is 0.356 e. The van der Waals surface area contributed by atoms with E-state index in [4.69, 9.17) is 25.4 Å². The van der Waals surface area contributed by atoms with Crippen molar-refractivity contribution in [1.82, 2.24) is 0 Å². The van der Waals surface area contributed by atoms with Crippen molar-refractivity contribution in [2.24, 2.45) is 0 Å². The van der Waals surface area contributed by atoms with E-state index in [-0.39, 0.29) is 0 Å². The average Bonchev–Trinajstić information content (AvgIpc) is 1.25. The monoisotopic (exact) mass is 167 g/mol. The first-order valence-electron chi connectivity index (χ1n) is 1.06. The van der Waals surface area contributed by atoms with Gasteiger partial charge in [-0.3, -0.25) is 0 Å². The summed E-state index contributed by atoms with van der Waals surface area (Å²) >= 11 is 2.73. The van der Waals surface area contributed by atoms with Crippen LogP contribution in [0.2, 0.25) is 0 Å². The van der Waals surface area contributed by atoms with Crippen molar-refractivity contribution in [3.8, 4) is 0 Å². The standard InChI is InChI=1S/Co.NO3.NO2/c;2-1(3)4;2-1-3/q+1;-1;. The molecule has 0 aromatic carbocycles. The van der Waals surface area contributed by atoms with Crippen LogP contribution >= 0.6 is 0 Å². The number of nitro groups is 1. The Kier molecular flexibility index (Phi) is 7.76. The molecular weight excluding hydrogens is 167 g/mol. The zero-order chi connectivity index (χ0) is 7.15. The van der Waals surface area contributed by atoms with Gasteiger partial charge in [-0.05, 0) is 0 Å². The maximum atomic E-state index is 8.67. The number of hydrogen-bond acceptors (Lipinski definition) is 5. The Morgan fingerprint density at radius 1 is 1.12 bits per heavy atom. The summed E-state index contributed by atoms with van der Waals surface area (Å²) in [5, 5.41) is 23.4. The predicted octanol–water partition coefficient (Wildman–Crippen LogP) is -0.514. The molecule has 0 rings (SSSR count). The van der Waals surface area contributed by atoms with Gasteiger partial charge >= 0.3 is 30.0 Å². The van der Waals surface area contributed by atoms with Crippen molar-refractivity contribution < 1.29 is 25.0 Å². The van der Waals surface area contributed by atoms with Gasteiger partial charge in [-0.25, -0.2) is 0 Å². The summed E-state index contributed by atoms with van der Waals surface area (Å²) in [7, 11) is 0. The van der Waals surface area contributed by atoms with Crippen molar-refractivity contribution in [3.63, 3.8) is 0 Å². The van der Waals surface area contributed by atoms with E-state index in [1.165, 1.54) is 0 Å². The molecule has 0 radical (unpaired) electrons. The molecule has 0 aromatic rings. The fraction of sp³-hybridized carbons (Fsp3) is 0. The van der Waals surface area contributed by atoms with Crippen LogP contribution in [0.1, 0.15) is 0 Å². The van der Waals surface area contributed by atoms with E-state index in [2.05, 4.69) is 16.0 Å². The molecular formula is CoN2O5. The zero-order valence-corrected chi connectivity index (χ0v) is 4.31. The topological polar surface area (TPSA) is 109 Å². The van der Waals surface area contributed by atoms with Gasteiger partial charge in [0.15, 0.2) is 0 Å². The van der Waals surface area contributed by atoms with Crippen molar-refractivity contribution >= 4 is 0 Å². The van der Waals surface area contributed by atoms with Crippen LogP contribution in [-0.4, -0.2) is 9.06 Å². The molecule has 0 bridgehead atoms. The molecule has 0 heterocycles. The van der Waals surface area contributed by atoms with Gasteiger partial charge in [0, 0.05) is 0 Å². The van der Waals surface area contributed by atoms with Gasteiger partial charge < -0.3 is 15.3 Å². The molecule has 0 unspecified atom stereocenters. The number of hydrogen-bond donors (Lipinski definition) is 0. The SMILES string of the molecule is O=[N+]([O-])[Co+].O=[N+]([O-])[O-]. The van der Waals surface area contributed by atoms with Crippen molar-refractivity contribution in [2.45, 2.75) is 0 Å². The van der Waals surface area contributed by atoms with Gasteiger partial charge in [-0.1, -0.05) is 0 Å². The number of nitrogens with zero attached hydrogens (tertiary/aromatic N) is 2. The van der Waals surface area contributed by atoms with Crippen LogP contribution < -0.4 is 0 Å². The Morgan fingerprint density at radius 2 is 1.12 bits per heavy atom. The molecule has 0 aromatic heterocycles. The van der Waals surface area contributed by atoms with E-state index in [1.807, 2.05) is 0 Å². The molecule has 0 aliphatic carbocycles. The predicted molar refractivity (Wildman–Crippen MR) is 17.4 cm³/mol. The van der Waals surface area contributed by atoms with Crippen molar-refractivity contribution in [3.05, 3.63) is 25.4 Å². The Bertz CT molecular complexity index is 68.4. The third-order valence-corrected chi connectivity index (χ3v) is 0. The van der Waals surface area contributed by atoms with Crippen LogP contribution in [0.3, 0.4) is 0 Å². The molecule has 0 saturated carbocycles. The van der Waals surface area contributed by atoms with Crippen molar-refractivity contribution in [1.29, 1.82) is 0 Å². The van der Waals surface area contributed by atoms with Gasteiger partial charge in [0.2, 0.25) is 0 Å². The van der Waals surface area contributed by atoms with Crippen LogP contribution in [0.25, 0.3) is 0 Å². The van der Waals surface area contributed by atoms with Gasteiger partial charge in [0.25, 0.3) is 0 Å². The van der Waals surface area contributed by atoms with Crippen LogP contribution in [0, 0.1) is 25.4 Å². The molecule has 0 fully saturated rings. The summed E-state index contributed by atoms with van der Waals surface area (Å²) in [6.07, 6.45) is 0. The summed E-state index contributed by atoms with van der Waals surface area (Å²) in [4.78, 5) is 16.9. The minimum atomic E-state index is -1.75. The van der Waals surface area contributed by atoms with E-state index < -0.39 is 9.06 Å². The second-order valence-electron chi connectivity index (χ2n) is 0.420. The third kappa shape index (κ3) is 108. The first-order valence-corrected chi connectivity index (χ1v) is 1.53. The van der Waals surface area contributed by atoms with Gasteiger partial charge in [0.05, 0.1) is 5.09 Å². The van der Waals surface area contributed by atoms with Gasteiger partial charge in [-0.15, -0.1) is 0 Å². The summed E-state index contributed by atoms with van der Waals surface area (Å²) in [5.41, 5.74) is 0. The summed E-state index contributed by atoms with van der Waals surface area (Å²) < 4.78 is -0.812. The second kappa shape index (κ2) is 6.11. The number of rotatable bonds is 0. The van der Waals surface area contributed by atoms with Gasteiger partial charge in [-0.2, -0.15) is 0 Å². The first kappa shape index (κ1) is 10.2. The average molecular weight is 167 g/mol. The third-order valence-electron chi connectivity index (χ3n) is 0. The smallest absolute Gasteiger partial charge is 0.0689 e. The molecule has 0 spiro atoms. The molecule has 7 nitrogen and oxygen atoms in total. The maximum Gasteiger partial charge on any atom is 0.0689 e. The van der Waals surface area contributed by atoms with E-state index >= 15 is 0 Å². The van der Waals surface area contributed by atoms with E-state index in [1.54, 1.807) is 0 Å². The van der Waals surface area contributed by atoms with Crippen LogP contribution in [0.15, 0.2) is 0 Å². The first-order chi connectivity index (χ1) is 3.46. The van der Waals surface area contributed by atoms with E-state index in [0.29, 0.717) is 0 Å². The molecule has 0 atom stereocenters. The minimum Gasteiger partial charge on any atom is -0.356 e. The molecule has 8 heteroatoms. The molecule has 0 amide bonds. The quantitative estimate of drug-likeness (QED) is 0.356. The summed E-state index contributed by atoms with van der Waals surface area (Å²) in [6, 6.07) is 0. The Hall–Kier alpha value is -0.894.